The largest absolute Gasteiger partial charge is 0.366 e. The molecule has 0 radical (unpaired) electrons. The van der Waals surface area contributed by atoms with Gasteiger partial charge < -0.3 is 16.0 Å². The van der Waals surface area contributed by atoms with E-state index in [9.17, 15) is 9.59 Å². The summed E-state index contributed by atoms with van der Waals surface area (Å²) in [6.07, 6.45) is 12.8. The highest BCUT2D eigenvalue weighted by Crippen LogP contribution is 2.39. The topological polar surface area (TPSA) is 116 Å². The molecule has 1 unspecified atom stereocenters. The zero-order valence-corrected chi connectivity index (χ0v) is 22.5. The second kappa shape index (κ2) is 12.2. The van der Waals surface area contributed by atoms with Gasteiger partial charge in [0.1, 0.15) is 11.5 Å². The first-order valence-corrected chi connectivity index (χ1v) is 12.3. The van der Waals surface area contributed by atoms with Crippen molar-refractivity contribution >= 4 is 29.3 Å². The molecule has 9 heteroatoms. The van der Waals surface area contributed by atoms with Gasteiger partial charge in [0, 0.05) is 19.3 Å². The van der Waals surface area contributed by atoms with Gasteiger partial charge in [0.25, 0.3) is 5.91 Å². The molecule has 9 nitrogen and oxygen atoms in total. The Hall–Kier alpha value is -4.08. The lowest BCUT2D eigenvalue weighted by molar-refractivity contribution is 0.0924. The Morgan fingerprint density at radius 2 is 1.78 bits per heavy atom. The summed E-state index contributed by atoms with van der Waals surface area (Å²) < 4.78 is 0. The van der Waals surface area contributed by atoms with E-state index in [0.29, 0.717) is 11.6 Å². The molecule has 0 spiro atoms. The fourth-order valence-corrected chi connectivity index (χ4v) is 3.59. The summed E-state index contributed by atoms with van der Waals surface area (Å²) in [6.45, 7) is 12.6. The van der Waals surface area contributed by atoms with E-state index in [4.69, 9.17) is 18.6 Å². The molecule has 1 fully saturated rings. The van der Waals surface area contributed by atoms with Crippen LogP contribution in [0.2, 0.25) is 0 Å². The quantitative estimate of drug-likeness (QED) is 0.551. The molecule has 0 aliphatic carbocycles. The van der Waals surface area contributed by atoms with Crippen LogP contribution in [0.5, 0.6) is 0 Å². The van der Waals surface area contributed by atoms with Crippen molar-refractivity contribution < 1.29 is 9.59 Å². The van der Waals surface area contributed by atoms with Gasteiger partial charge in [-0.15, -0.1) is 12.8 Å². The fraction of sp³-hybridized carbons (Fsp3) is 0.429. The third-order valence-corrected chi connectivity index (χ3v) is 5.46. The van der Waals surface area contributed by atoms with Crippen molar-refractivity contribution in [2.24, 2.45) is 5.73 Å². The lowest BCUT2D eigenvalue weighted by atomic mass is 10.1. The molecule has 0 saturated carbocycles. The Labute approximate surface area is 220 Å². The van der Waals surface area contributed by atoms with E-state index < -0.39 is 11.1 Å². The summed E-state index contributed by atoms with van der Waals surface area (Å²) in [5.41, 5.74) is 5.12. The van der Waals surface area contributed by atoms with Crippen molar-refractivity contribution in [3.8, 4) is 24.7 Å². The van der Waals surface area contributed by atoms with Gasteiger partial charge in [0.05, 0.1) is 22.8 Å². The van der Waals surface area contributed by atoms with Gasteiger partial charge >= 0.3 is 6.03 Å². The number of terminal acetylenes is 2. The van der Waals surface area contributed by atoms with E-state index in [1.807, 2.05) is 19.9 Å². The smallest absolute Gasteiger partial charge is 0.329 e. The molecule has 2 aromatic heterocycles. The standard InChI is InChI=1S/C21H22N6O2.C5H9N.C2H6/c1-4-21(2,3)25-19(28)15-8-9-16-18(23-15)27(14-10-12-26(16)13-14)20(29)24-17-7-5-6-11-22-17;1-4-5(2,3)6;1-2/h1,5-9,11,14H,10,12-13H2,2-3H3,(H,25,28)(H,22,24,29);1H,6H2,2-3H3;1-2H3. The van der Waals surface area contributed by atoms with Crippen molar-refractivity contribution in [1.29, 1.82) is 0 Å². The van der Waals surface area contributed by atoms with Crippen molar-refractivity contribution in [2.75, 3.05) is 28.2 Å². The van der Waals surface area contributed by atoms with Crippen LogP contribution in [0.3, 0.4) is 0 Å². The lowest BCUT2D eigenvalue weighted by Crippen LogP contribution is -2.49. The van der Waals surface area contributed by atoms with E-state index in [1.165, 1.54) is 0 Å². The first kappa shape index (κ1) is 29.2. The van der Waals surface area contributed by atoms with Gasteiger partial charge in [-0.1, -0.05) is 31.8 Å². The number of nitrogens with one attached hydrogen (secondary N) is 2. The number of hydrogen-bond donors (Lipinski definition) is 3. The number of urea groups is 1. The van der Waals surface area contributed by atoms with Crippen LogP contribution in [-0.2, 0) is 0 Å². The maximum Gasteiger partial charge on any atom is 0.329 e. The Morgan fingerprint density at radius 1 is 1.11 bits per heavy atom. The number of nitrogens with two attached hydrogens (primary N) is 1. The third-order valence-electron chi connectivity index (χ3n) is 5.46. The maximum atomic E-state index is 13.1. The molecule has 196 valence electrons. The predicted octanol–water partition coefficient (Wildman–Crippen LogP) is 3.63. The Balaban J connectivity index is 0.000000531. The van der Waals surface area contributed by atoms with Crippen LogP contribution < -0.4 is 26.2 Å². The zero-order valence-electron chi connectivity index (χ0n) is 22.5. The van der Waals surface area contributed by atoms with Crippen molar-refractivity contribution in [3.05, 3.63) is 42.2 Å². The lowest BCUT2D eigenvalue weighted by Gasteiger charge is -2.35. The highest BCUT2D eigenvalue weighted by Gasteiger charge is 2.40. The molecule has 4 heterocycles. The van der Waals surface area contributed by atoms with Crippen LogP contribution in [0.25, 0.3) is 0 Å². The number of hydrogen-bond acceptors (Lipinski definition) is 6. The van der Waals surface area contributed by atoms with Gasteiger partial charge in [0.2, 0.25) is 0 Å². The van der Waals surface area contributed by atoms with E-state index >= 15 is 0 Å². The van der Waals surface area contributed by atoms with Gasteiger partial charge in [0.15, 0.2) is 5.82 Å². The third kappa shape index (κ3) is 7.70. The summed E-state index contributed by atoms with van der Waals surface area (Å²) >= 11 is 0. The highest BCUT2D eigenvalue weighted by atomic mass is 16.2. The number of pyridine rings is 2. The predicted molar refractivity (Wildman–Crippen MR) is 149 cm³/mol. The minimum Gasteiger partial charge on any atom is -0.366 e. The maximum absolute atomic E-state index is 13.1. The van der Waals surface area contributed by atoms with Crippen LogP contribution in [0.4, 0.5) is 22.1 Å². The van der Waals surface area contributed by atoms with Crippen LogP contribution in [0.15, 0.2) is 36.5 Å². The molecule has 2 aliphatic rings. The molecule has 4 rings (SSSR count). The summed E-state index contributed by atoms with van der Waals surface area (Å²) in [5, 5.41) is 5.59. The number of nitrogens with zero attached hydrogens (tertiary/aromatic N) is 4. The van der Waals surface area contributed by atoms with Gasteiger partial charge in [-0.2, -0.15) is 0 Å². The normalized spacial score (nSPS) is 15.4. The monoisotopic (exact) mass is 503 g/mol. The second-order valence-electron chi connectivity index (χ2n) is 9.53. The van der Waals surface area contributed by atoms with Crippen LogP contribution >= 0.6 is 0 Å². The molecule has 2 aromatic rings. The number of amides is 3. The summed E-state index contributed by atoms with van der Waals surface area (Å²) in [6, 6.07) is 8.48. The zero-order chi connectivity index (χ0) is 27.8. The molecule has 2 aliphatic heterocycles. The molecule has 3 amide bonds. The molecular formula is C28H37N7O2. The summed E-state index contributed by atoms with van der Waals surface area (Å²) in [5.74, 6) is 5.47. The minimum atomic E-state index is -0.798. The van der Waals surface area contributed by atoms with Crippen LogP contribution in [-0.4, -0.2) is 52.1 Å². The molecule has 0 aromatic carbocycles. The second-order valence-corrected chi connectivity index (χ2v) is 9.53. The highest BCUT2D eigenvalue weighted by molar-refractivity contribution is 6.05. The van der Waals surface area contributed by atoms with Gasteiger partial charge in [-0.05, 0) is 58.4 Å². The Kier molecular flexibility index (Phi) is 9.65. The van der Waals surface area contributed by atoms with Crippen molar-refractivity contribution in [1.82, 2.24) is 15.3 Å². The van der Waals surface area contributed by atoms with Crippen molar-refractivity contribution in [2.45, 2.75) is 65.1 Å². The van der Waals surface area contributed by atoms with Gasteiger partial charge in [-0.3, -0.25) is 15.0 Å². The molecule has 2 bridgehead atoms. The number of fused-ring (bicyclic) bond motifs is 4. The number of rotatable bonds is 3. The van der Waals surface area contributed by atoms with Gasteiger partial charge in [-0.25, -0.2) is 14.8 Å². The molecule has 1 saturated heterocycles. The van der Waals surface area contributed by atoms with Crippen LogP contribution in [0, 0.1) is 24.7 Å². The fourth-order valence-electron chi connectivity index (χ4n) is 3.59. The van der Waals surface area contributed by atoms with E-state index in [-0.39, 0.29) is 23.7 Å². The summed E-state index contributed by atoms with van der Waals surface area (Å²) in [7, 11) is 0. The molecule has 37 heavy (non-hydrogen) atoms. The Morgan fingerprint density at radius 3 is 2.35 bits per heavy atom. The first-order valence-electron chi connectivity index (χ1n) is 12.3. The van der Waals surface area contributed by atoms with Crippen molar-refractivity contribution in [3.63, 3.8) is 0 Å². The number of carbonyl (C=O) groups is 2. The molecule has 4 N–H and O–H groups in total. The molecule has 1 atom stereocenters. The summed E-state index contributed by atoms with van der Waals surface area (Å²) in [4.78, 5) is 38.2. The number of anilines is 3. The molecular weight excluding hydrogens is 466 g/mol. The average Bonchev–Trinajstić information content (AvgIpc) is 3.29. The van der Waals surface area contributed by atoms with E-state index in [2.05, 4.69) is 37.3 Å². The number of carbonyl (C=O) groups excluding carboxylic acids is 2. The Bertz CT molecular complexity index is 1170. The SMILES string of the molecule is C#CC(C)(C)N.C#CC(C)(C)NC(=O)c1ccc2c(n1)N(C(=O)Nc1ccccn1)C1CCN2C1.CC. The minimum absolute atomic E-state index is 0.0147. The first-order chi connectivity index (χ1) is 17.4. The van der Waals surface area contributed by atoms with Crippen LogP contribution in [0.1, 0.15) is 58.5 Å². The average molecular weight is 504 g/mol. The van der Waals surface area contributed by atoms with E-state index in [0.717, 1.165) is 25.2 Å². The number of aromatic nitrogens is 2. The van der Waals surface area contributed by atoms with E-state index in [1.54, 1.807) is 63.1 Å².